The number of carbonyl (C=O) groups excluding carboxylic acids is 2. The van der Waals surface area contributed by atoms with E-state index in [9.17, 15) is 22.8 Å². The lowest BCUT2D eigenvalue weighted by Crippen LogP contribution is -2.48. The van der Waals surface area contributed by atoms with Crippen molar-refractivity contribution in [2.24, 2.45) is 11.7 Å². The zero-order chi connectivity index (χ0) is 23.8. The average Bonchev–Trinajstić information content (AvgIpc) is 3.10. The van der Waals surface area contributed by atoms with Gasteiger partial charge in [0.1, 0.15) is 5.00 Å². The second-order valence-corrected chi connectivity index (χ2v) is 9.88. The second kappa shape index (κ2) is 9.34. The van der Waals surface area contributed by atoms with Gasteiger partial charge in [0.2, 0.25) is 5.91 Å². The van der Waals surface area contributed by atoms with Gasteiger partial charge in [0.05, 0.1) is 17.7 Å². The van der Waals surface area contributed by atoms with Crippen molar-refractivity contribution in [3.05, 3.63) is 45.8 Å². The number of rotatable bonds is 5. The number of amides is 2. The molecule has 2 aromatic rings. The number of thiophene rings is 1. The van der Waals surface area contributed by atoms with Gasteiger partial charge in [-0.15, -0.1) is 11.3 Å². The van der Waals surface area contributed by atoms with Crippen molar-refractivity contribution in [3.8, 4) is 0 Å². The molecule has 0 unspecified atom stereocenters. The summed E-state index contributed by atoms with van der Waals surface area (Å²) in [5.41, 5.74) is 6.88. The fourth-order valence-electron chi connectivity index (χ4n) is 4.51. The normalized spacial score (nSPS) is 19.3. The summed E-state index contributed by atoms with van der Waals surface area (Å²) < 4.78 is 39.0. The van der Waals surface area contributed by atoms with Gasteiger partial charge < -0.3 is 16.0 Å². The van der Waals surface area contributed by atoms with Crippen LogP contribution in [0.1, 0.15) is 39.7 Å². The molecule has 6 nitrogen and oxygen atoms in total. The smallest absolute Gasteiger partial charge is 0.369 e. The Morgan fingerprint density at radius 2 is 1.94 bits per heavy atom. The van der Waals surface area contributed by atoms with Crippen molar-refractivity contribution in [2.45, 2.75) is 32.4 Å². The number of nitrogens with zero attached hydrogens (tertiary/aromatic N) is 2. The van der Waals surface area contributed by atoms with Gasteiger partial charge in [-0.25, -0.2) is 0 Å². The molecule has 0 saturated carbocycles. The van der Waals surface area contributed by atoms with E-state index in [0.717, 1.165) is 41.8 Å². The van der Waals surface area contributed by atoms with Crippen LogP contribution >= 0.6 is 11.3 Å². The zero-order valence-corrected chi connectivity index (χ0v) is 19.2. The Kier molecular flexibility index (Phi) is 6.67. The summed E-state index contributed by atoms with van der Waals surface area (Å²) in [6.45, 7) is 4.45. The maximum Gasteiger partial charge on any atom is 0.416 e. The number of halogens is 3. The molecule has 0 bridgehead atoms. The first-order valence-corrected chi connectivity index (χ1v) is 11.8. The minimum absolute atomic E-state index is 0.146. The van der Waals surface area contributed by atoms with E-state index in [1.54, 1.807) is 6.07 Å². The van der Waals surface area contributed by atoms with Crippen molar-refractivity contribution < 1.29 is 22.8 Å². The number of piperazine rings is 1. The van der Waals surface area contributed by atoms with Gasteiger partial charge in [0.15, 0.2) is 0 Å². The zero-order valence-electron chi connectivity index (χ0n) is 18.4. The number of nitrogens with two attached hydrogens (primary N) is 1. The van der Waals surface area contributed by atoms with Gasteiger partial charge in [-0.05, 0) is 48.9 Å². The molecule has 1 aliphatic heterocycles. The van der Waals surface area contributed by atoms with Crippen molar-refractivity contribution in [1.82, 2.24) is 4.90 Å². The third-order valence-electron chi connectivity index (χ3n) is 6.29. The lowest BCUT2D eigenvalue weighted by Gasteiger charge is -2.36. The number of hydrogen-bond donors (Lipinski definition) is 2. The minimum atomic E-state index is -4.38. The average molecular weight is 481 g/mol. The van der Waals surface area contributed by atoms with Crippen LogP contribution in [0.15, 0.2) is 24.3 Å². The lowest BCUT2D eigenvalue weighted by atomic mass is 9.88. The number of benzene rings is 1. The van der Waals surface area contributed by atoms with Crippen LogP contribution in [-0.4, -0.2) is 49.4 Å². The van der Waals surface area contributed by atoms with E-state index in [2.05, 4.69) is 12.2 Å². The number of anilines is 2. The van der Waals surface area contributed by atoms with Crippen LogP contribution in [-0.2, 0) is 23.8 Å². The van der Waals surface area contributed by atoms with Gasteiger partial charge >= 0.3 is 6.18 Å². The molecule has 1 fully saturated rings. The third kappa shape index (κ3) is 5.33. The molecule has 1 saturated heterocycles. The first kappa shape index (κ1) is 23.6. The highest BCUT2D eigenvalue weighted by Gasteiger charge is 2.31. The maximum atomic E-state index is 13.0. The Morgan fingerprint density at radius 1 is 1.21 bits per heavy atom. The molecule has 0 spiro atoms. The van der Waals surface area contributed by atoms with Gasteiger partial charge in [-0.1, -0.05) is 13.0 Å². The topological polar surface area (TPSA) is 78.7 Å². The Labute approximate surface area is 194 Å². The van der Waals surface area contributed by atoms with Crippen LogP contribution in [0.3, 0.4) is 0 Å². The van der Waals surface area contributed by atoms with E-state index in [4.69, 9.17) is 5.73 Å². The van der Waals surface area contributed by atoms with E-state index in [-0.39, 0.29) is 12.5 Å². The summed E-state index contributed by atoms with van der Waals surface area (Å²) in [6.07, 6.45) is -1.71. The Balaban J connectivity index is 1.35. The Hall–Kier alpha value is -2.59. The summed E-state index contributed by atoms with van der Waals surface area (Å²) in [5.74, 6) is -0.211. The van der Waals surface area contributed by atoms with E-state index in [1.165, 1.54) is 17.4 Å². The Morgan fingerprint density at radius 3 is 2.61 bits per heavy atom. The first-order valence-electron chi connectivity index (χ1n) is 11.0. The quantitative estimate of drug-likeness (QED) is 0.683. The van der Waals surface area contributed by atoms with Crippen LogP contribution in [0, 0.1) is 5.92 Å². The van der Waals surface area contributed by atoms with Crippen molar-refractivity contribution in [1.29, 1.82) is 0 Å². The molecule has 0 radical (unpaired) electrons. The number of alkyl halides is 3. The summed E-state index contributed by atoms with van der Waals surface area (Å²) in [4.78, 5) is 29.7. The minimum Gasteiger partial charge on any atom is -0.369 e. The summed E-state index contributed by atoms with van der Waals surface area (Å²) in [5, 5.41) is 3.40. The molecule has 2 amide bonds. The standard InChI is InChI=1S/C23H27F3N4O2S/c1-14-5-6-17-18(11-14)33-22(20(17)21(27)32)28-19(31)13-29-7-9-30(10-8-29)16-4-2-3-15(12-16)23(24,25)26/h2-4,12,14H,5-11,13H2,1H3,(H2,27,32)(H,28,31)/t14-/m0/s1. The van der Waals surface area contributed by atoms with Gasteiger partial charge in [-0.2, -0.15) is 13.2 Å². The van der Waals surface area contributed by atoms with Crippen LogP contribution < -0.4 is 16.0 Å². The predicted octanol–water partition coefficient (Wildman–Crippen LogP) is 3.75. The highest BCUT2D eigenvalue weighted by molar-refractivity contribution is 7.17. The molecule has 33 heavy (non-hydrogen) atoms. The summed E-state index contributed by atoms with van der Waals surface area (Å²) >= 11 is 1.43. The molecule has 1 aromatic heterocycles. The van der Waals surface area contributed by atoms with E-state index in [1.807, 2.05) is 9.80 Å². The first-order chi connectivity index (χ1) is 15.6. The maximum absolute atomic E-state index is 13.0. The van der Waals surface area contributed by atoms with Crippen molar-refractivity contribution in [3.63, 3.8) is 0 Å². The van der Waals surface area contributed by atoms with Crippen molar-refractivity contribution >= 4 is 33.8 Å². The predicted molar refractivity (Wildman–Crippen MR) is 123 cm³/mol. The molecule has 1 atom stereocenters. The fraction of sp³-hybridized carbons (Fsp3) is 0.478. The third-order valence-corrected chi connectivity index (χ3v) is 7.46. The molecular weight excluding hydrogens is 453 g/mol. The molecule has 3 N–H and O–H groups in total. The lowest BCUT2D eigenvalue weighted by molar-refractivity contribution is -0.137. The number of hydrogen-bond acceptors (Lipinski definition) is 5. The second-order valence-electron chi connectivity index (χ2n) is 8.78. The van der Waals surface area contributed by atoms with Crippen molar-refractivity contribution in [2.75, 3.05) is 42.9 Å². The molecule has 10 heteroatoms. The number of nitrogens with one attached hydrogen (secondary N) is 1. The monoisotopic (exact) mass is 480 g/mol. The van der Waals surface area contributed by atoms with Gasteiger partial charge in [-0.3, -0.25) is 14.5 Å². The summed E-state index contributed by atoms with van der Waals surface area (Å²) in [6, 6.07) is 5.30. The molecule has 1 aliphatic carbocycles. The largest absolute Gasteiger partial charge is 0.416 e. The SMILES string of the molecule is C[C@H]1CCc2c(sc(NC(=O)CN3CCN(c4cccc(C(F)(F)F)c4)CC3)c2C(N)=O)C1. The van der Waals surface area contributed by atoms with Gasteiger partial charge in [0, 0.05) is 36.7 Å². The highest BCUT2D eigenvalue weighted by atomic mass is 32.1. The molecule has 2 heterocycles. The molecular formula is C23H27F3N4O2S. The highest BCUT2D eigenvalue weighted by Crippen LogP contribution is 2.39. The number of carbonyl (C=O) groups is 2. The summed E-state index contributed by atoms with van der Waals surface area (Å²) in [7, 11) is 0. The van der Waals surface area contributed by atoms with Crippen LogP contribution in [0.4, 0.5) is 23.9 Å². The van der Waals surface area contributed by atoms with E-state index >= 15 is 0 Å². The number of fused-ring (bicyclic) bond motifs is 1. The Bertz CT molecular complexity index is 1040. The van der Waals surface area contributed by atoms with Crippen LogP contribution in [0.5, 0.6) is 0 Å². The number of primary amides is 1. The van der Waals surface area contributed by atoms with E-state index in [0.29, 0.717) is 48.3 Å². The fourth-order valence-corrected chi connectivity index (χ4v) is 5.94. The van der Waals surface area contributed by atoms with Crippen LogP contribution in [0.25, 0.3) is 0 Å². The molecule has 178 valence electrons. The molecule has 4 rings (SSSR count). The van der Waals surface area contributed by atoms with Gasteiger partial charge in [0.25, 0.3) is 5.91 Å². The van der Waals surface area contributed by atoms with Crippen LogP contribution in [0.2, 0.25) is 0 Å². The molecule has 2 aliphatic rings. The van der Waals surface area contributed by atoms with E-state index < -0.39 is 17.6 Å². The molecule has 1 aromatic carbocycles.